The highest BCUT2D eigenvalue weighted by atomic mass is 35.5. The molecule has 1 atom stereocenters. The van der Waals surface area contributed by atoms with Crippen LogP contribution in [0.1, 0.15) is 43.0 Å². The molecule has 0 aromatic heterocycles. The number of halogens is 1. The lowest BCUT2D eigenvalue weighted by Gasteiger charge is -2.33. The van der Waals surface area contributed by atoms with Crippen LogP contribution in [0, 0.1) is 0 Å². The van der Waals surface area contributed by atoms with Crippen molar-refractivity contribution >= 4 is 17.5 Å². The second-order valence-corrected chi connectivity index (χ2v) is 6.06. The molecule has 0 saturated carbocycles. The molecule has 1 heterocycles. The molecular weight excluding hydrogens is 288 g/mol. The van der Waals surface area contributed by atoms with E-state index in [1.807, 2.05) is 0 Å². The highest BCUT2D eigenvalue weighted by molar-refractivity contribution is 6.33. The van der Waals surface area contributed by atoms with Gasteiger partial charge < -0.3 is 15.3 Å². The minimum atomic E-state index is -0.234. The van der Waals surface area contributed by atoms with Crippen LogP contribution in [0.15, 0.2) is 18.2 Å². The lowest BCUT2D eigenvalue weighted by molar-refractivity contribution is 0.0948. The van der Waals surface area contributed by atoms with Gasteiger partial charge in [0.15, 0.2) is 0 Å². The van der Waals surface area contributed by atoms with E-state index in [1.165, 1.54) is 37.5 Å². The van der Waals surface area contributed by atoms with E-state index in [2.05, 4.69) is 17.1 Å². The number of aromatic hydroxyl groups is 1. The third kappa shape index (κ3) is 4.61. The Hall–Kier alpha value is -1.26. The molecule has 0 bridgehead atoms. The van der Waals surface area contributed by atoms with Gasteiger partial charge in [-0.1, -0.05) is 18.0 Å². The minimum absolute atomic E-state index is 0.0479. The first-order valence-electron chi connectivity index (χ1n) is 7.58. The highest BCUT2D eigenvalue weighted by Crippen LogP contribution is 2.21. The Morgan fingerprint density at radius 3 is 3.05 bits per heavy atom. The van der Waals surface area contributed by atoms with Crippen molar-refractivity contribution in [3.8, 4) is 5.75 Å². The van der Waals surface area contributed by atoms with Crippen molar-refractivity contribution in [2.45, 2.75) is 38.6 Å². The number of phenols is 1. The molecule has 116 valence electrons. The first kappa shape index (κ1) is 16.1. The van der Waals surface area contributed by atoms with Gasteiger partial charge >= 0.3 is 0 Å². The third-order valence-corrected chi connectivity index (χ3v) is 4.37. The predicted molar refractivity (Wildman–Crippen MR) is 85.0 cm³/mol. The zero-order valence-corrected chi connectivity index (χ0v) is 13.2. The first-order chi connectivity index (χ1) is 10.1. The quantitative estimate of drug-likeness (QED) is 0.822. The van der Waals surface area contributed by atoms with E-state index < -0.39 is 0 Å². The lowest BCUT2D eigenvalue weighted by Crippen LogP contribution is -2.39. The van der Waals surface area contributed by atoms with E-state index >= 15 is 0 Å². The number of hydrogen-bond acceptors (Lipinski definition) is 3. The molecule has 1 aliphatic heterocycles. The van der Waals surface area contributed by atoms with Crippen molar-refractivity contribution in [3.63, 3.8) is 0 Å². The van der Waals surface area contributed by atoms with Crippen LogP contribution in [-0.4, -0.2) is 41.6 Å². The van der Waals surface area contributed by atoms with Gasteiger partial charge in [0.05, 0.1) is 10.6 Å². The molecule has 1 aliphatic rings. The molecule has 1 saturated heterocycles. The summed E-state index contributed by atoms with van der Waals surface area (Å²) in [7, 11) is 0. The van der Waals surface area contributed by atoms with Crippen molar-refractivity contribution < 1.29 is 9.90 Å². The van der Waals surface area contributed by atoms with Crippen molar-refractivity contribution in [1.82, 2.24) is 10.2 Å². The zero-order chi connectivity index (χ0) is 15.2. The lowest BCUT2D eigenvalue weighted by atomic mass is 10.0. The number of rotatable bonds is 5. The van der Waals surface area contributed by atoms with Gasteiger partial charge in [-0.3, -0.25) is 4.79 Å². The molecule has 1 unspecified atom stereocenters. The normalized spacial score (nSPS) is 19.4. The molecular formula is C16H23ClN2O2. The van der Waals surface area contributed by atoms with Crippen molar-refractivity contribution in [2.24, 2.45) is 0 Å². The molecule has 0 radical (unpaired) electrons. The number of phenolic OH excluding ortho intramolecular Hbond substituents is 1. The maximum absolute atomic E-state index is 12.0. The van der Waals surface area contributed by atoms with E-state index in [9.17, 15) is 9.90 Å². The molecule has 0 aliphatic carbocycles. The highest BCUT2D eigenvalue weighted by Gasteiger charge is 2.17. The van der Waals surface area contributed by atoms with Crippen LogP contribution in [0.5, 0.6) is 5.75 Å². The van der Waals surface area contributed by atoms with Crippen LogP contribution < -0.4 is 5.32 Å². The number of carbonyl (C=O) groups is 1. The standard InChI is InChI=1S/C16H23ClN2O2/c1-12-5-2-3-9-19(12)10-4-8-18-16(21)14-11-13(20)6-7-15(14)17/h6-7,11-12,20H,2-5,8-10H2,1H3,(H,18,21). The summed E-state index contributed by atoms with van der Waals surface area (Å²) in [6, 6.07) is 5.04. The minimum Gasteiger partial charge on any atom is -0.508 e. The first-order valence-corrected chi connectivity index (χ1v) is 7.96. The molecule has 1 aromatic rings. The largest absolute Gasteiger partial charge is 0.508 e. The Kier molecular flexibility index (Phi) is 5.88. The Bertz CT molecular complexity index is 493. The SMILES string of the molecule is CC1CCCCN1CCCNC(=O)c1cc(O)ccc1Cl. The number of nitrogens with zero attached hydrogens (tertiary/aromatic N) is 1. The second kappa shape index (κ2) is 7.66. The van der Waals surface area contributed by atoms with Gasteiger partial charge in [0, 0.05) is 19.1 Å². The summed E-state index contributed by atoms with van der Waals surface area (Å²) in [5.74, 6) is -0.186. The number of nitrogens with one attached hydrogen (secondary N) is 1. The number of benzene rings is 1. The smallest absolute Gasteiger partial charge is 0.252 e. The van der Waals surface area contributed by atoms with E-state index in [0.29, 0.717) is 23.2 Å². The molecule has 0 spiro atoms. The van der Waals surface area contributed by atoms with Gasteiger partial charge in [0.1, 0.15) is 5.75 Å². The van der Waals surface area contributed by atoms with Crippen LogP contribution >= 0.6 is 11.6 Å². The van der Waals surface area contributed by atoms with Crippen molar-refractivity contribution in [2.75, 3.05) is 19.6 Å². The van der Waals surface area contributed by atoms with Gasteiger partial charge in [-0.05, 0) is 50.9 Å². The molecule has 1 amide bonds. The monoisotopic (exact) mass is 310 g/mol. The average Bonchev–Trinajstić information content (AvgIpc) is 2.47. The Morgan fingerprint density at radius 1 is 1.48 bits per heavy atom. The molecule has 5 heteroatoms. The van der Waals surface area contributed by atoms with E-state index in [0.717, 1.165) is 19.5 Å². The van der Waals surface area contributed by atoms with E-state index in [1.54, 1.807) is 0 Å². The summed E-state index contributed by atoms with van der Waals surface area (Å²) in [4.78, 5) is 14.5. The topological polar surface area (TPSA) is 52.6 Å². The summed E-state index contributed by atoms with van der Waals surface area (Å²) < 4.78 is 0. The molecule has 1 aromatic carbocycles. The van der Waals surface area contributed by atoms with Crippen LogP contribution in [0.3, 0.4) is 0 Å². The fourth-order valence-electron chi connectivity index (χ4n) is 2.76. The maximum atomic E-state index is 12.0. The summed E-state index contributed by atoms with van der Waals surface area (Å²) in [5.41, 5.74) is 0.322. The van der Waals surface area contributed by atoms with Crippen LogP contribution in [0.4, 0.5) is 0 Å². The molecule has 4 nitrogen and oxygen atoms in total. The molecule has 1 fully saturated rings. The Labute approximate surface area is 131 Å². The maximum Gasteiger partial charge on any atom is 0.252 e. The van der Waals surface area contributed by atoms with E-state index in [4.69, 9.17) is 11.6 Å². The molecule has 2 rings (SSSR count). The van der Waals surface area contributed by atoms with Gasteiger partial charge in [0.2, 0.25) is 0 Å². The van der Waals surface area contributed by atoms with E-state index in [-0.39, 0.29) is 11.7 Å². The summed E-state index contributed by atoms with van der Waals surface area (Å²) in [6.07, 6.45) is 4.79. The second-order valence-electron chi connectivity index (χ2n) is 5.65. The van der Waals surface area contributed by atoms with Gasteiger partial charge in [-0.2, -0.15) is 0 Å². The number of hydrogen-bond donors (Lipinski definition) is 2. The van der Waals surface area contributed by atoms with Crippen LogP contribution in [-0.2, 0) is 0 Å². The van der Waals surface area contributed by atoms with Crippen LogP contribution in [0.2, 0.25) is 5.02 Å². The summed E-state index contributed by atoms with van der Waals surface area (Å²) in [5, 5.41) is 12.6. The molecule has 21 heavy (non-hydrogen) atoms. The molecule has 2 N–H and O–H groups in total. The van der Waals surface area contributed by atoms with Crippen LogP contribution in [0.25, 0.3) is 0 Å². The Morgan fingerprint density at radius 2 is 2.29 bits per heavy atom. The fraction of sp³-hybridized carbons (Fsp3) is 0.562. The predicted octanol–water partition coefficient (Wildman–Crippen LogP) is 3.04. The van der Waals surface area contributed by atoms with Gasteiger partial charge in [0.25, 0.3) is 5.91 Å². The third-order valence-electron chi connectivity index (χ3n) is 4.04. The average molecular weight is 311 g/mol. The number of amides is 1. The Balaban J connectivity index is 1.75. The van der Waals surface area contributed by atoms with Crippen molar-refractivity contribution in [3.05, 3.63) is 28.8 Å². The van der Waals surface area contributed by atoms with Gasteiger partial charge in [-0.15, -0.1) is 0 Å². The fourth-order valence-corrected chi connectivity index (χ4v) is 2.96. The number of likely N-dealkylation sites (tertiary alicyclic amines) is 1. The summed E-state index contributed by atoms with van der Waals surface area (Å²) in [6.45, 7) is 5.06. The van der Waals surface area contributed by atoms with Crippen molar-refractivity contribution in [1.29, 1.82) is 0 Å². The number of piperidine rings is 1. The number of carbonyl (C=O) groups excluding carboxylic acids is 1. The summed E-state index contributed by atoms with van der Waals surface area (Å²) >= 11 is 5.96. The van der Waals surface area contributed by atoms with Gasteiger partial charge in [-0.25, -0.2) is 0 Å². The zero-order valence-electron chi connectivity index (χ0n) is 12.4.